The largest absolute Gasteiger partial charge is 0.320 e. The quantitative estimate of drug-likeness (QED) is 0.714. The van der Waals surface area contributed by atoms with E-state index in [1.165, 1.54) is 9.75 Å². The molecule has 0 aromatic carbocycles. The number of nitrogens with one attached hydrogen (secondary N) is 2. The summed E-state index contributed by atoms with van der Waals surface area (Å²) in [5.41, 5.74) is 0. The van der Waals surface area contributed by atoms with Crippen molar-refractivity contribution in [2.24, 2.45) is 0 Å². The highest BCUT2D eigenvalue weighted by molar-refractivity contribution is 7.89. The van der Waals surface area contributed by atoms with Crippen LogP contribution in [-0.4, -0.2) is 33.8 Å². The number of hydrogen-bond donors (Lipinski definition) is 2. The Balaban J connectivity index is 2.41. The predicted molar refractivity (Wildman–Crippen MR) is 77.7 cm³/mol. The van der Waals surface area contributed by atoms with Crippen molar-refractivity contribution < 1.29 is 8.42 Å². The minimum Gasteiger partial charge on any atom is -0.320 e. The molecule has 1 aromatic rings. The van der Waals surface area contributed by atoms with Crippen LogP contribution in [-0.2, 0) is 16.4 Å². The minimum absolute atomic E-state index is 0.0531. The van der Waals surface area contributed by atoms with Crippen molar-refractivity contribution in [3.8, 4) is 0 Å². The Morgan fingerprint density at radius 3 is 2.67 bits per heavy atom. The van der Waals surface area contributed by atoms with Gasteiger partial charge >= 0.3 is 0 Å². The smallest absolute Gasteiger partial charge is 0.211 e. The van der Waals surface area contributed by atoms with Gasteiger partial charge in [0.25, 0.3) is 0 Å². The van der Waals surface area contributed by atoms with Crippen LogP contribution in [0.25, 0.3) is 0 Å². The van der Waals surface area contributed by atoms with Crippen molar-refractivity contribution in [3.63, 3.8) is 0 Å². The molecule has 1 heterocycles. The van der Waals surface area contributed by atoms with Crippen LogP contribution >= 0.6 is 11.3 Å². The van der Waals surface area contributed by atoms with Crippen molar-refractivity contribution in [1.82, 2.24) is 10.0 Å². The first-order valence-corrected chi connectivity index (χ1v) is 8.60. The van der Waals surface area contributed by atoms with E-state index in [0.29, 0.717) is 6.42 Å². The molecule has 1 rings (SSSR count). The molecule has 6 heteroatoms. The maximum absolute atomic E-state index is 11.8. The van der Waals surface area contributed by atoms with E-state index in [9.17, 15) is 8.42 Å². The third-order valence-corrected chi connectivity index (χ3v) is 5.13. The highest BCUT2D eigenvalue weighted by Gasteiger charge is 2.14. The van der Waals surface area contributed by atoms with Crippen LogP contribution in [0.5, 0.6) is 0 Å². The first-order valence-electron chi connectivity index (χ1n) is 6.13. The number of aryl methyl sites for hydroxylation is 1. The number of rotatable bonds is 8. The molecule has 2 N–H and O–H groups in total. The van der Waals surface area contributed by atoms with Gasteiger partial charge in [0.05, 0.1) is 5.75 Å². The molecule has 0 bridgehead atoms. The van der Waals surface area contributed by atoms with Gasteiger partial charge in [-0.1, -0.05) is 0 Å². The van der Waals surface area contributed by atoms with Gasteiger partial charge in [-0.05, 0) is 52.4 Å². The lowest BCUT2D eigenvalue weighted by Gasteiger charge is -2.13. The third kappa shape index (κ3) is 5.95. The molecule has 0 saturated carbocycles. The van der Waals surface area contributed by atoms with Crippen LogP contribution in [0.2, 0.25) is 0 Å². The predicted octanol–water partition coefficient (Wildman–Crippen LogP) is 1.52. The molecule has 0 fully saturated rings. The normalized spacial score (nSPS) is 13.7. The Hall–Kier alpha value is -0.430. The Morgan fingerprint density at radius 2 is 2.11 bits per heavy atom. The molecule has 0 aliphatic heterocycles. The van der Waals surface area contributed by atoms with Crippen LogP contribution < -0.4 is 10.0 Å². The summed E-state index contributed by atoms with van der Waals surface area (Å²) in [6.45, 7) is 4.69. The lowest BCUT2D eigenvalue weighted by atomic mass is 10.2. The molecule has 18 heavy (non-hydrogen) atoms. The molecule has 0 aliphatic rings. The minimum atomic E-state index is -3.15. The van der Waals surface area contributed by atoms with Gasteiger partial charge < -0.3 is 5.32 Å². The third-order valence-electron chi connectivity index (χ3n) is 2.52. The van der Waals surface area contributed by atoms with Crippen molar-refractivity contribution >= 4 is 21.4 Å². The molecule has 104 valence electrons. The fraction of sp³-hybridized carbons (Fsp3) is 0.667. The van der Waals surface area contributed by atoms with Gasteiger partial charge in [0.2, 0.25) is 10.0 Å². The topological polar surface area (TPSA) is 58.2 Å². The second kappa shape index (κ2) is 7.23. The number of sulfonamides is 1. The van der Waals surface area contributed by atoms with Gasteiger partial charge in [-0.25, -0.2) is 13.1 Å². The van der Waals surface area contributed by atoms with Crippen LogP contribution in [0.3, 0.4) is 0 Å². The zero-order chi connectivity index (χ0) is 13.6. The first kappa shape index (κ1) is 15.6. The van der Waals surface area contributed by atoms with Crippen LogP contribution in [0, 0.1) is 6.92 Å². The Labute approximate surface area is 114 Å². The number of hydrogen-bond acceptors (Lipinski definition) is 4. The van der Waals surface area contributed by atoms with Crippen molar-refractivity contribution in [1.29, 1.82) is 0 Å². The maximum atomic E-state index is 11.8. The van der Waals surface area contributed by atoms with E-state index in [-0.39, 0.29) is 11.8 Å². The SMILES string of the molecule is CNCCCS(=O)(=O)NC(C)Cc1ccc(C)s1. The van der Waals surface area contributed by atoms with Crippen molar-refractivity contribution in [2.45, 2.75) is 32.7 Å². The lowest BCUT2D eigenvalue weighted by molar-refractivity contribution is 0.557. The molecule has 0 radical (unpaired) electrons. The summed E-state index contributed by atoms with van der Waals surface area (Å²) in [5, 5.41) is 2.95. The maximum Gasteiger partial charge on any atom is 0.211 e. The van der Waals surface area contributed by atoms with Crippen molar-refractivity contribution in [2.75, 3.05) is 19.3 Å². The Kier molecular flexibility index (Phi) is 6.28. The fourth-order valence-electron chi connectivity index (χ4n) is 1.74. The van der Waals surface area contributed by atoms with E-state index in [1.807, 2.05) is 14.0 Å². The standard InChI is InChI=1S/C12H22N2O2S2/c1-10(9-12-6-5-11(2)17-12)14-18(15,16)8-4-7-13-3/h5-6,10,13-14H,4,7-9H2,1-3H3. The molecule has 4 nitrogen and oxygen atoms in total. The van der Waals surface area contributed by atoms with Gasteiger partial charge in [0.1, 0.15) is 0 Å². The summed E-state index contributed by atoms with van der Waals surface area (Å²) in [4.78, 5) is 2.48. The molecular weight excluding hydrogens is 268 g/mol. The van der Waals surface area contributed by atoms with Crippen molar-refractivity contribution in [3.05, 3.63) is 21.9 Å². The molecule has 0 spiro atoms. The summed E-state index contributed by atoms with van der Waals surface area (Å²) in [5.74, 6) is 0.182. The van der Waals surface area contributed by atoms with E-state index < -0.39 is 10.0 Å². The highest BCUT2D eigenvalue weighted by atomic mass is 32.2. The van der Waals surface area contributed by atoms with Gasteiger partial charge in [-0.2, -0.15) is 0 Å². The first-order chi connectivity index (χ1) is 8.43. The average molecular weight is 290 g/mol. The van der Waals surface area contributed by atoms with E-state index in [2.05, 4.69) is 29.1 Å². The molecule has 1 unspecified atom stereocenters. The summed E-state index contributed by atoms with van der Waals surface area (Å²) in [6.07, 6.45) is 1.39. The zero-order valence-corrected chi connectivity index (χ0v) is 12.8. The van der Waals surface area contributed by atoms with Gasteiger partial charge in [-0.3, -0.25) is 0 Å². The molecule has 0 saturated heterocycles. The Bertz CT molecular complexity index is 454. The molecule has 0 amide bonds. The summed E-state index contributed by atoms with van der Waals surface area (Å²) >= 11 is 1.72. The van der Waals surface area contributed by atoms with E-state index in [4.69, 9.17) is 0 Å². The average Bonchev–Trinajstić information content (AvgIpc) is 2.63. The van der Waals surface area contributed by atoms with E-state index >= 15 is 0 Å². The highest BCUT2D eigenvalue weighted by Crippen LogP contribution is 2.16. The lowest BCUT2D eigenvalue weighted by Crippen LogP contribution is -2.36. The molecule has 1 aromatic heterocycles. The van der Waals surface area contributed by atoms with Gasteiger partial charge in [0.15, 0.2) is 0 Å². The van der Waals surface area contributed by atoms with Gasteiger partial charge in [0, 0.05) is 15.8 Å². The summed E-state index contributed by atoms with van der Waals surface area (Å²) in [6, 6.07) is 4.07. The summed E-state index contributed by atoms with van der Waals surface area (Å²) < 4.78 is 26.3. The van der Waals surface area contributed by atoms with Crippen LogP contribution in [0.15, 0.2) is 12.1 Å². The Morgan fingerprint density at radius 1 is 1.39 bits per heavy atom. The van der Waals surface area contributed by atoms with E-state index in [1.54, 1.807) is 11.3 Å². The number of thiophene rings is 1. The fourth-order valence-corrected chi connectivity index (χ4v) is 4.10. The zero-order valence-electron chi connectivity index (χ0n) is 11.2. The van der Waals surface area contributed by atoms with Crippen LogP contribution in [0.1, 0.15) is 23.1 Å². The van der Waals surface area contributed by atoms with Gasteiger partial charge in [-0.15, -0.1) is 11.3 Å². The second-order valence-electron chi connectivity index (χ2n) is 4.51. The second-order valence-corrected chi connectivity index (χ2v) is 7.76. The van der Waals surface area contributed by atoms with E-state index in [0.717, 1.165) is 13.0 Å². The molecule has 0 aliphatic carbocycles. The summed E-state index contributed by atoms with van der Waals surface area (Å²) in [7, 11) is -1.33. The monoisotopic (exact) mass is 290 g/mol. The molecule has 1 atom stereocenters. The molecular formula is C12H22N2O2S2. The van der Waals surface area contributed by atoms with Crippen LogP contribution in [0.4, 0.5) is 0 Å².